The molecule has 1 aromatic carbocycles. The zero-order valence-corrected chi connectivity index (χ0v) is 12.7. The highest BCUT2D eigenvalue weighted by molar-refractivity contribution is 7.92. The Kier molecular flexibility index (Phi) is 4.49. The molecule has 3 N–H and O–H groups in total. The second-order valence-electron chi connectivity index (χ2n) is 4.47. The summed E-state index contributed by atoms with van der Waals surface area (Å²) in [6.45, 7) is 2.80. The van der Waals surface area contributed by atoms with Crippen LogP contribution in [-0.4, -0.2) is 25.3 Å². The molecule has 0 aliphatic carbocycles. The number of aromatic nitrogens is 2. The summed E-state index contributed by atoms with van der Waals surface area (Å²) in [5.74, 6) is -0.0163. The first-order valence-electron chi connectivity index (χ1n) is 6.40. The van der Waals surface area contributed by atoms with Crippen molar-refractivity contribution in [3.05, 3.63) is 36.0 Å². The smallest absolute Gasteiger partial charge is 0.267 e. The highest BCUT2D eigenvalue weighted by Crippen LogP contribution is 2.21. The van der Waals surface area contributed by atoms with E-state index in [9.17, 15) is 8.42 Å². The SMILES string of the molecule is CCn1cc(S(=O)(=O)Nc2cccc(COC)c2)c(N)n1. The van der Waals surface area contributed by atoms with Crippen molar-refractivity contribution in [2.24, 2.45) is 0 Å². The summed E-state index contributed by atoms with van der Waals surface area (Å²) in [6, 6.07) is 6.98. The Labute approximate surface area is 123 Å². The maximum Gasteiger partial charge on any atom is 0.267 e. The first-order chi connectivity index (χ1) is 9.96. The summed E-state index contributed by atoms with van der Waals surface area (Å²) in [7, 11) is -2.18. The molecule has 8 heteroatoms. The van der Waals surface area contributed by atoms with E-state index in [1.165, 1.54) is 10.9 Å². The van der Waals surface area contributed by atoms with Crippen LogP contribution >= 0.6 is 0 Å². The van der Waals surface area contributed by atoms with E-state index in [0.717, 1.165) is 5.56 Å². The highest BCUT2D eigenvalue weighted by atomic mass is 32.2. The second-order valence-corrected chi connectivity index (χ2v) is 6.12. The van der Waals surface area contributed by atoms with Gasteiger partial charge in [0.25, 0.3) is 10.0 Å². The Hall–Kier alpha value is -2.06. The zero-order chi connectivity index (χ0) is 15.5. The van der Waals surface area contributed by atoms with Crippen LogP contribution in [0.4, 0.5) is 11.5 Å². The van der Waals surface area contributed by atoms with Gasteiger partial charge in [-0.2, -0.15) is 5.10 Å². The van der Waals surface area contributed by atoms with Gasteiger partial charge in [-0.15, -0.1) is 0 Å². The highest BCUT2D eigenvalue weighted by Gasteiger charge is 2.21. The van der Waals surface area contributed by atoms with Gasteiger partial charge in [-0.1, -0.05) is 12.1 Å². The van der Waals surface area contributed by atoms with Crippen molar-refractivity contribution in [3.8, 4) is 0 Å². The van der Waals surface area contributed by atoms with Gasteiger partial charge >= 0.3 is 0 Å². The van der Waals surface area contributed by atoms with Gasteiger partial charge < -0.3 is 10.5 Å². The van der Waals surface area contributed by atoms with Crippen LogP contribution in [0.1, 0.15) is 12.5 Å². The van der Waals surface area contributed by atoms with Crippen molar-refractivity contribution >= 4 is 21.5 Å². The summed E-state index contributed by atoms with van der Waals surface area (Å²) < 4.78 is 33.7. The van der Waals surface area contributed by atoms with Gasteiger partial charge in [-0.05, 0) is 24.6 Å². The van der Waals surface area contributed by atoms with Crippen LogP contribution in [0, 0.1) is 0 Å². The van der Waals surface area contributed by atoms with E-state index in [1.54, 1.807) is 25.3 Å². The minimum atomic E-state index is -3.76. The number of methoxy groups -OCH3 is 1. The van der Waals surface area contributed by atoms with Crippen LogP contribution in [0.15, 0.2) is 35.4 Å². The Morgan fingerprint density at radius 3 is 2.81 bits per heavy atom. The number of aryl methyl sites for hydroxylation is 1. The molecule has 0 unspecified atom stereocenters. The van der Waals surface area contributed by atoms with Crippen molar-refractivity contribution < 1.29 is 13.2 Å². The average Bonchev–Trinajstić information content (AvgIpc) is 2.81. The molecule has 1 aromatic heterocycles. The molecule has 1 heterocycles. The Bertz CT molecular complexity index is 725. The number of benzene rings is 1. The molecule has 0 aliphatic heterocycles. The monoisotopic (exact) mass is 310 g/mol. The molecule has 0 fully saturated rings. The minimum Gasteiger partial charge on any atom is -0.381 e. The molecular weight excluding hydrogens is 292 g/mol. The van der Waals surface area contributed by atoms with E-state index in [2.05, 4.69) is 9.82 Å². The predicted octanol–water partition coefficient (Wildman–Crippen LogP) is 1.43. The number of ether oxygens (including phenoxy) is 1. The fourth-order valence-electron chi connectivity index (χ4n) is 1.89. The number of nitrogens with one attached hydrogen (secondary N) is 1. The van der Waals surface area contributed by atoms with Crippen LogP contribution in [-0.2, 0) is 27.9 Å². The molecular formula is C13H18N4O3S. The Morgan fingerprint density at radius 2 is 2.19 bits per heavy atom. The van der Waals surface area contributed by atoms with Crippen molar-refractivity contribution in [3.63, 3.8) is 0 Å². The number of nitrogen functional groups attached to an aromatic ring is 1. The fourth-order valence-corrected chi connectivity index (χ4v) is 3.01. The summed E-state index contributed by atoms with van der Waals surface area (Å²) in [6.07, 6.45) is 1.41. The standard InChI is InChI=1S/C13H18N4O3S/c1-3-17-8-12(13(14)15-17)21(18,19)16-11-6-4-5-10(7-11)9-20-2/h4-8,16H,3,9H2,1-2H3,(H2,14,15). The molecule has 0 radical (unpaired) electrons. The lowest BCUT2D eigenvalue weighted by atomic mass is 10.2. The second kappa shape index (κ2) is 6.15. The number of hydrogen-bond donors (Lipinski definition) is 2. The number of sulfonamides is 1. The predicted molar refractivity (Wildman–Crippen MR) is 80.3 cm³/mol. The number of anilines is 2. The number of hydrogen-bond acceptors (Lipinski definition) is 5. The Balaban J connectivity index is 2.28. The average molecular weight is 310 g/mol. The Morgan fingerprint density at radius 1 is 1.43 bits per heavy atom. The number of rotatable bonds is 6. The van der Waals surface area contributed by atoms with Gasteiger partial charge in [0.15, 0.2) is 5.82 Å². The summed E-state index contributed by atoms with van der Waals surface area (Å²) >= 11 is 0. The first kappa shape index (κ1) is 15.3. The van der Waals surface area contributed by atoms with Crippen LogP contribution in [0.5, 0.6) is 0 Å². The largest absolute Gasteiger partial charge is 0.381 e. The number of nitrogens with two attached hydrogens (primary N) is 1. The van der Waals surface area contributed by atoms with Crippen molar-refractivity contribution in [2.45, 2.75) is 25.0 Å². The normalized spacial score (nSPS) is 11.5. The van der Waals surface area contributed by atoms with E-state index in [-0.39, 0.29) is 10.7 Å². The lowest BCUT2D eigenvalue weighted by Gasteiger charge is -2.08. The topological polar surface area (TPSA) is 99.2 Å². The molecule has 2 rings (SSSR count). The molecule has 0 amide bonds. The van der Waals surface area contributed by atoms with Crippen molar-refractivity contribution in [1.82, 2.24) is 9.78 Å². The summed E-state index contributed by atoms with van der Waals surface area (Å²) in [5, 5.41) is 3.94. The third-order valence-electron chi connectivity index (χ3n) is 2.86. The quantitative estimate of drug-likeness (QED) is 0.841. The summed E-state index contributed by atoms with van der Waals surface area (Å²) in [5.41, 5.74) is 6.99. The van der Waals surface area contributed by atoms with Gasteiger partial charge in [0, 0.05) is 25.5 Å². The van der Waals surface area contributed by atoms with E-state index >= 15 is 0 Å². The molecule has 21 heavy (non-hydrogen) atoms. The van der Waals surface area contributed by atoms with Gasteiger partial charge in [-0.25, -0.2) is 8.42 Å². The first-order valence-corrected chi connectivity index (χ1v) is 7.88. The molecule has 0 aliphatic rings. The van der Waals surface area contributed by atoms with Crippen molar-refractivity contribution in [1.29, 1.82) is 0 Å². The van der Waals surface area contributed by atoms with Gasteiger partial charge in [-0.3, -0.25) is 9.40 Å². The maximum atomic E-state index is 12.3. The minimum absolute atomic E-state index is 0.0163. The van der Waals surface area contributed by atoms with Crippen LogP contribution < -0.4 is 10.5 Å². The molecule has 114 valence electrons. The van der Waals surface area contributed by atoms with Gasteiger partial charge in [0.05, 0.1) is 6.61 Å². The van der Waals surface area contributed by atoms with E-state index in [4.69, 9.17) is 10.5 Å². The molecule has 0 saturated heterocycles. The molecule has 0 bridgehead atoms. The van der Waals surface area contributed by atoms with Crippen molar-refractivity contribution in [2.75, 3.05) is 17.6 Å². The molecule has 0 atom stereocenters. The maximum absolute atomic E-state index is 12.3. The van der Waals surface area contributed by atoms with Crippen LogP contribution in [0.25, 0.3) is 0 Å². The lowest BCUT2D eigenvalue weighted by Crippen LogP contribution is -2.14. The zero-order valence-electron chi connectivity index (χ0n) is 11.9. The van der Waals surface area contributed by atoms with E-state index in [1.807, 2.05) is 13.0 Å². The summed E-state index contributed by atoms with van der Waals surface area (Å²) in [4.78, 5) is -0.0264. The molecule has 0 saturated carbocycles. The van der Waals surface area contributed by atoms with E-state index < -0.39 is 10.0 Å². The lowest BCUT2D eigenvalue weighted by molar-refractivity contribution is 0.185. The van der Waals surface area contributed by atoms with Crippen LogP contribution in [0.3, 0.4) is 0 Å². The molecule has 7 nitrogen and oxygen atoms in total. The number of nitrogens with zero attached hydrogens (tertiary/aromatic N) is 2. The van der Waals surface area contributed by atoms with Gasteiger partial charge in [0.1, 0.15) is 4.90 Å². The fraction of sp³-hybridized carbons (Fsp3) is 0.308. The molecule has 2 aromatic rings. The third kappa shape index (κ3) is 3.53. The molecule has 0 spiro atoms. The third-order valence-corrected chi connectivity index (χ3v) is 4.26. The van der Waals surface area contributed by atoms with Gasteiger partial charge in [0.2, 0.25) is 0 Å². The van der Waals surface area contributed by atoms with Crippen LogP contribution in [0.2, 0.25) is 0 Å². The van der Waals surface area contributed by atoms with E-state index in [0.29, 0.717) is 18.8 Å².